The Morgan fingerprint density at radius 3 is 1.92 bits per heavy atom. The van der Waals surface area contributed by atoms with Gasteiger partial charge >= 0.3 is 0 Å². The summed E-state index contributed by atoms with van der Waals surface area (Å²) in [5.74, 6) is 0.561. The zero-order valence-electron chi connectivity index (χ0n) is 13.1. The predicted octanol–water partition coefficient (Wildman–Crippen LogP) is 3.06. The monoisotopic (exact) mass is 387 g/mol. The summed E-state index contributed by atoms with van der Waals surface area (Å²) in [5, 5.41) is 0. The Bertz CT molecular complexity index is 890. The molecule has 0 aliphatic carbocycles. The quantitative estimate of drug-likeness (QED) is 0.740. The summed E-state index contributed by atoms with van der Waals surface area (Å²) >= 11 is 5.64. The van der Waals surface area contributed by atoms with Gasteiger partial charge in [-0.3, -0.25) is 4.72 Å². The number of sulfonamides is 1. The Kier molecular flexibility index (Phi) is 5.90. The van der Waals surface area contributed by atoms with Crippen LogP contribution in [0.4, 0.5) is 5.69 Å². The molecular formula is C16H18ClNO4S2. The molecule has 0 heterocycles. The zero-order chi connectivity index (χ0) is 17.8. The Hall–Kier alpha value is -1.57. The minimum atomic E-state index is -3.72. The minimum Gasteiger partial charge on any atom is -0.280 e. The molecule has 5 nitrogen and oxygen atoms in total. The van der Waals surface area contributed by atoms with Gasteiger partial charge in [0.15, 0.2) is 9.84 Å². The second kappa shape index (κ2) is 7.55. The van der Waals surface area contributed by atoms with E-state index in [4.69, 9.17) is 11.6 Å². The van der Waals surface area contributed by atoms with E-state index >= 15 is 0 Å². The molecule has 0 atom stereocenters. The maximum absolute atomic E-state index is 12.4. The Labute approximate surface area is 147 Å². The van der Waals surface area contributed by atoms with Crippen LogP contribution in [0.1, 0.15) is 12.0 Å². The fraction of sp³-hybridized carbons (Fsp3) is 0.250. The van der Waals surface area contributed by atoms with Crippen LogP contribution >= 0.6 is 11.6 Å². The molecule has 0 saturated heterocycles. The molecular weight excluding hydrogens is 370 g/mol. The van der Waals surface area contributed by atoms with Crippen molar-refractivity contribution in [2.75, 3.05) is 16.9 Å². The second-order valence-electron chi connectivity index (χ2n) is 5.34. The van der Waals surface area contributed by atoms with Crippen molar-refractivity contribution in [3.8, 4) is 0 Å². The number of halogens is 1. The third-order valence-electron chi connectivity index (χ3n) is 3.37. The third-order valence-corrected chi connectivity index (χ3v) is 6.16. The van der Waals surface area contributed by atoms with Gasteiger partial charge in [0.05, 0.1) is 9.79 Å². The van der Waals surface area contributed by atoms with E-state index in [1.807, 2.05) is 0 Å². The highest BCUT2D eigenvalue weighted by Gasteiger charge is 2.14. The molecule has 0 aliphatic heterocycles. The molecule has 0 amide bonds. The number of hydrogen-bond donors (Lipinski definition) is 1. The van der Waals surface area contributed by atoms with Crippen molar-refractivity contribution >= 4 is 37.1 Å². The highest BCUT2D eigenvalue weighted by Crippen LogP contribution is 2.19. The first-order valence-corrected chi connectivity index (χ1v) is 11.1. The van der Waals surface area contributed by atoms with Crippen LogP contribution in [0, 0.1) is 0 Å². The largest absolute Gasteiger partial charge is 0.280 e. The average Bonchev–Trinajstić information content (AvgIpc) is 2.52. The van der Waals surface area contributed by atoms with Gasteiger partial charge in [-0.05, 0) is 54.8 Å². The van der Waals surface area contributed by atoms with Gasteiger partial charge in [-0.15, -0.1) is 11.6 Å². The normalized spacial score (nSPS) is 12.1. The van der Waals surface area contributed by atoms with E-state index in [-0.39, 0.29) is 9.79 Å². The van der Waals surface area contributed by atoms with Crippen molar-refractivity contribution in [1.82, 2.24) is 0 Å². The molecule has 130 valence electrons. The van der Waals surface area contributed by atoms with Gasteiger partial charge in [0.25, 0.3) is 10.0 Å². The summed E-state index contributed by atoms with van der Waals surface area (Å²) in [4.78, 5) is 0.276. The van der Waals surface area contributed by atoms with Gasteiger partial charge in [0.1, 0.15) is 0 Å². The number of benzene rings is 2. The first kappa shape index (κ1) is 18.8. The van der Waals surface area contributed by atoms with E-state index < -0.39 is 19.9 Å². The topological polar surface area (TPSA) is 80.3 Å². The lowest BCUT2D eigenvalue weighted by atomic mass is 10.1. The van der Waals surface area contributed by atoms with Crippen LogP contribution in [0.2, 0.25) is 0 Å². The van der Waals surface area contributed by atoms with Crippen LogP contribution in [-0.4, -0.2) is 29.0 Å². The number of sulfone groups is 1. The van der Waals surface area contributed by atoms with Gasteiger partial charge in [-0.25, -0.2) is 16.8 Å². The molecule has 0 bridgehead atoms. The molecule has 0 fully saturated rings. The number of aryl methyl sites for hydroxylation is 1. The summed E-state index contributed by atoms with van der Waals surface area (Å²) < 4.78 is 50.0. The molecule has 2 aromatic rings. The van der Waals surface area contributed by atoms with Crippen molar-refractivity contribution < 1.29 is 16.8 Å². The molecule has 24 heavy (non-hydrogen) atoms. The molecule has 0 unspecified atom stereocenters. The summed E-state index contributed by atoms with van der Waals surface area (Å²) in [6.07, 6.45) is 2.72. The molecule has 2 rings (SSSR count). The summed E-state index contributed by atoms with van der Waals surface area (Å²) in [6.45, 7) is 0. The average molecular weight is 388 g/mol. The number of nitrogens with one attached hydrogen (secondary N) is 1. The number of rotatable bonds is 7. The van der Waals surface area contributed by atoms with Crippen LogP contribution in [0.25, 0.3) is 0 Å². The SMILES string of the molecule is CS(=O)(=O)c1ccc(NS(=O)(=O)c2ccc(CCCCl)cc2)cc1. The van der Waals surface area contributed by atoms with E-state index in [9.17, 15) is 16.8 Å². The van der Waals surface area contributed by atoms with Crippen LogP contribution in [0.15, 0.2) is 58.3 Å². The molecule has 1 N–H and O–H groups in total. The highest BCUT2D eigenvalue weighted by atomic mass is 35.5. The van der Waals surface area contributed by atoms with Crippen molar-refractivity contribution in [2.45, 2.75) is 22.6 Å². The van der Waals surface area contributed by atoms with E-state index in [2.05, 4.69) is 4.72 Å². The van der Waals surface area contributed by atoms with Gasteiger partial charge in [0.2, 0.25) is 0 Å². The first-order valence-electron chi connectivity index (χ1n) is 7.20. The van der Waals surface area contributed by atoms with Crippen LogP contribution < -0.4 is 4.72 Å². The summed E-state index contributed by atoms with van der Waals surface area (Å²) in [7, 11) is -7.04. The highest BCUT2D eigenvalue weighted by molar-refractivity contribution is 7.92. The van der Waals surface area contributed by atoms with Crippen molar-refractivity contribution in [2.24, 2.45) is 0 Å². The molecule has 0 aliphatic rings. The Morgan fingerprint density at radius 1 is 0.875 bits per heavy atom. The Morgan fingerprint density at radius 2 is 1.42 bits per heavy atom. The van der Waals surface area contributed by atoms with Crippen molar-refractivity contribution in [3.05, 3.63) is 54.1 Å². The number of alkyl halides is 1. The summed E-state index contributed by atoms with van der Waals surface area (Å²) in [6, 6.07) is 12.2. The molecule has 2 aromatic carbocycles. The lowest BCUT2D eigenvalue weighted by Gasteiger charge is -2.09. The van der Waals surface area contributed by atoms with E-state index in [0.717, 1.165) is 24.7 Å². The first-order chi connectivity index (χ1) is 11.2. The fourth-order valence-electron chi connectivity index (χ4n) is 2.09. The van der Waals surface area contributed by atoms with Crippen molar-refractivity contribution in [1.29, 1.82) is 0 Å². The molecule has 0 saturated carbocycles. The number of anilines is 1. The lowest BCUT2D eigenvalue weighted by molar-refractivity contribution is 0.600. The van der Waals surface area contributed by atoms with Crippen LogP contribution in [-0.2, 0) is 26.3 Å². The van der Waals surface area contributed by atoms with E-state index in [0.29, 0.717) is 11.6 Å². The smallest absolute Gasteiger partial charge is 0.261 e. The van der Waals surface area contributed by atoms with E-state index in [1.165, 1.54) is 36.4 Å². The van der Waals surface area contributed by atoms with Crippen LogP contribution in [0.3, 0.4) is 0 Å². The number of hydrogen-bond acceptors (Lipinski definition) is 4. The van der Waals surface area contributed by atoms with Gasteiger partial charge in [-0.2, -0.15) is 0 Å². The maximum atomic E-state index is 12.4. The summed E-state index contributed by atoms with van der Waals surface area (Å²) in [5.41, 5.74) is 1.32. The molecule has 8 heteroatoms. The third kappa shape index (κ3) is 4.96. The predicted molar refractivity (Wildman–Crippen MR) is 95.8 cm³/mol. The minimum absolute atomic E-state index is 0.133. The molecule has 0 spiro atoms. The fourth-order valence-corrected chi connectivity index (χ4v) is 3.91. The molecule has 0 aromatic heterocycles. The van der Waals surface area contributed by atoms with Gasteiger partial charge in [-0.1, -0.05) is 12.1 Å². The van der Waals surface area contributed by atoms with E-state index in [1.54, 1.807) is 12.1 Å². The standard InChI is InChI=1S/C16H18ClNO4S2/c1-23(19,20)15-10-6-14(7-11-15)18-24(21,22)16-8-4-13(5-9-16)3-2-12-17/h4-11,18H,2-3,12H2,1H3. The Balaban J connectivity index is 2.16. The lowest BCUT2D eigenvalue weighted by Crippen LogP contribution is -2.13. The van der Waals surface area contributed by atoms with Crippen LogP contribution in [0.5, 0.6) is 0 Å². The van der Waals surface area contributed by atoms with Gasteiger partial charge in [0, 0.05) is 17.8 Å². The van der Waals surface area contributed by atoms with Gasteiger partial charge < -0.3 is 0 Å². The maximum Gasteiger partial charge on any atom is 0.261 e. The second-order valence-corrected chi connectivity index (χ2v) is 9.41. The zero-order valence-corrected chi connectivity index (χ0v) is 15.5. The van der Waals surface area contributed by atoms with Crippen molar-refractivity contribution in [3.63, 3.8) is 0 Å². The molecule has 0 radical (unpaired) electrons.